The SMILES string of the molecule is CCCC1CCC(c2ccc(-c3cc(F)c(C(F)(F)Oc4cc(F)c(C(F)(F)F)c(F)c4)c(F)c3)cc2)CC1. The van der Waals surface area contributed by atoms with Crippen molar-refractivity contribution in [2.45, 2.75) is 63.7 Å². The maximum absolute atomic E-state index is 14.7. The van der Waals surface area contributed by atoms with Crippen LogP contribution in [0.1, 0.15) is 68.1 Å². The number of rotatable bonds is 7. The highest BCUT2D eigenvalue weighted by Gasteiger charge is 2.43. The zero-order chi connectivity index (χ0) is 28.5. The van der Waals surface area contributed by atoms with Crippen molar-refractivity contribution in [3.05, 3.63) is 88.5 Å². The zero-order valence-corrected chi connectivity index (χ0v) is 20.8. The molecule has 39 heavy (non-hydrogen) atoms. The minimum absolute atomic E-state index is 0.0330. The third-order valence-electron chi connectivity index (χ3n) is 7.14. The molecule has 1 aliphatic carbocycles. The van der Waals surface area contributed by atoms with Crippen molar-refractivity contribution >= 4 is 0 Å². The van der Waals surface area contributed by atoms with E-state index >= 15 is 0 Å². The van der Waals surface area contributed by atoms with Gasteiger partial charge in [0.15, 0.2) is 0 Å². The summed E-state index contributed by atoms with van der Waals surface area (Å²) < 4.78 is 129. The van der Waals surface area contributed by atoms with Crippen molar-refractivity contribution < 1.29 is 44.3 Å². The van der Waals surface area contributed by atoms with Gasteiger partial charge in [0.05, 0.1) is 0 Å². The predicted octanol–water partition coefficient (Wildman–Crippen LogP) is 10.1. The fraction of sp³-hybridized carbons (Fsp3) is 0.379. The summed E-state index contributed by atoms with van der Waals surface area (Å²) in [5.41, 5.74) is -2.74. The molecule has 210 valence electrons. The molecule has 0 aliphatic heterocycles. The Morgan fingerprint density at radius 2 is 1.21 bits per heavy atom. The second kappa shape index (κ2) is 11.1. The molecule has 0 atom stereocenters. The summed E-state index contributed by atoms with van der Waals surface area (Å²) in [6.07, 6.45) is -3.50. The Balaban J connectivity index is 1.53. The second-order valence-corrected chi connectivity index (χ2v) is 9.82. The number of halogens is 9. The first-order chi connectivity index (χ1) is 18.3. The van der Waals surface area contributed by atoms with E-state index in [1.807, 2.05) is 12.1 Å². The molecule has 0 bridgehead atoms. The van der Waals surface area contributed by atoms with Crippen LogP contribution in [0, 0.1) is 29.2 Å². The third kappa shape index (κ3) is 6.36. The molecule has 0 amide bonds. The first-order valence-electron chi connectivity index (χ1n) is 12.5. The lowest BCUT2D eigenvalue weighted by Gasteiger charge is -2.28. The lowest BCUT2D eigenvalue weighted by atomic mass is 9.77. The van der Waals surface area contributed by atoms with Crippen molar-refractivity contribution in [2.24, 2.45) is 5.92 Å². The predicted molar refractivity (Wildman–Crippen MR) is 127 cm³/mol. The summed E-state index contributed by atoms with van der Waals surface area (Å²) in [7, 11) is 0. The van der Waals surface area contributed by atoms with E-state index in [9.17, 15) is 39.5 Å². The molecule has 3 aromatic carbocycles. The highest BCUT2D eigenvalue weighted by molar-refractivity contribution is 5.64. The standard InChI is InChI=1S/C29H25F9O/c1-2-3-16-4-6-17(7-5-16)18-8-10-19(11-9-18)20-12-22(30)27(23(31)13-20)29(37,38)39-21-14-24(32)26(25(33)15-21)28(34,35)36/h8-17H,2-7H2,1H3. The van der Waals surface area contributed by atoms with Gasteiger partial charge in [-0.05, 0) is 66.3 Å². The maximum Gasteiger partial charge on any atom is 0.432 e. The van der Waals surface area contributed by atoms with E-state index in [1.54, 1.807) is 12.1 Å². The lowest BCUT2D eigenvalue weighted by Crippen LogP contribution is -2.25. The van der Waals surface area contributed by atoms with Gasteiger partial charge < -0.3 is 4.74 Å². The molecule has 0 heterocycles. The smallest absolute Gasteiger partial charge is 0.429 e. The number of hydrogen-bond donors (Lipinski definition) is 0. The van der Waals surface area contributed by atoms with Crippen LogP contribution in [0.5, 0.6) is 5.75 Å². The zero-order valence-electron chi connectivity index (χ0n) is 20.8. The normalized spacial score (nSPS) is 18.3. The van der Waals surface area contributed by atoms with Crippen LogP contribution in [0.3, 0.4) is 0 Å². The van der Waals surface area contributed by atoms with E-state index in [0.717, 1.165) is 43.6 Å². The fourth-order valence-electron chi connectivity index (χ4n) is 5.24. The molecule has 0 saturated heterocycles. The summed E-state index contributed by atoms with van der Waals surface area (Å²) in [5.74, 6) is -8.13. The summed E-state index contributed by atoms with van der Waals surface area (Å²) >= 11 is 0. The Labute approximate surface area is 219 Å². The van der Waals surface area contributed by atoms with Crippen LogP contribution >= 0.6 is 0 Å². The summed E-state index contributed by atoms with van der Waals surface area (Å²) in [4.78, 5) is 0. The van der Waals surface area contributed by atoms with Gasteiger partial charge in [0.2, 0.25) is 0 Å². The minimum Gasteiger partial charge on any atom is -0.429 e. The van der Waals surface area contributed by atoms with Gasteiger partial charge in [-0.15, -0.1) is 0 Å². The quantitative estimate of drug-likeness (QED) is 0.261. The Morgan fingerprint density at radius 1 is 0.692 bits per heavy atom. The summed E-state index contributed by atoms with van der Waals surface area (Å²) in [6, 6.07) is 8.02. The first-order valence-corrected chi connectivity index (χ1v) is 12.5. The van der Waals surface area contributed by atoms with Crippen LogP contribution in [-0.2, 0) is 12.3 Å². The number of hydrogen-bond acceptors (Lipinski definition) is 1. The van der Waals surface area contributed by atoms with E-state index in [1.165, 1.54) is 6.42 Å². The van der Waals surface area contributed by atoms with E-state index < -0.39 is 52.4 Å². The van der Waals surface area contributed by atoms with Gasteiger partial charge in [-0.25, -0.2) is 17.6 Å². The van der Waals surface area contributed by atoms with E-state index in [4.69, 9.17) is 0 Å². The van der Waals surface area contributed by atoms with Crippen molar-refractivity contribution in [3.8, 4) is 16.9 Å². The van der Waals surface area contributed by atoms with E-state index in [0.29, 0.717) is 23.6 Å². The Kier molecular flexibility index (Phi) is 8.23. The Hall–Kier alpha value is -3.17. The third-order valence-corrected chi connectivity index (χ3v) is 7.14. The molecule has 0 aromatic heterocycles. The average molecular weight is 560 g/mol. The van der Waals surface area contributed by atoms with Crippen molar-refractivity contribution in [1.82, 2.24) is 0 Å². The molecule has 1 saturated carbocycles. The molecule has 10 heteroatoms. The number of alkyl halides is 5. The summed E-state index contributed by atoms with van der Waals surface area (Å²) in [5, 5.41) is 0. The number of ether oxygens (including phenoxy) is 1. The highest BCUT2D eigenvalue weighted by atomic mass is 19.4. The lowest BCUT2D eigenvalue weighted by molar-refractivity contribution is -0.189. The average Bonchev–Trinajstić information content (AvgIpc) is 2.82. The van der Waals surface area contributed by atoms with Gasteiger partial charge >= 0.3 is 12.3 Å². The molecule has 3 aromatic rings. The molecule has 4 rings (SSSR count). The van der Waals surface area contributed by atoms with Crippen molar-refractivity contribution in [2.75, 3.05) is 0 Å². The summed E-state index contributed by atoms with van der Waals surface area (Å²) in [6.45, 7) is 2.17. The fourth-order valence-corrected chi connectivity index (χ4v) is 5.24. The molecule has 1 aliphatic rings. The van der Waals surface area contributed by atoms with Crippen LogP contribution in [0.4, 0.5) is 39.5 Å². The van der Waals surface area contributed by atoms with Crippen molar-refractivity contribution in [3.63, 3.8) is 0 Å². The van der Waals surface area contributed by atoms with Gasteiger partial charge in [-0.2, -0.15) is 22.0 Å². The van der Waals surface area contributed by atoms with Gasteiger partial charge in [0.25, 0.3) is 0 Å². The number of benzene rings is 3. The van der Waals surface area contributed by atoms with Crippen LogP contribution in [0.25, 0.3) is 11.1 Å². The first kappa shape index (κ1) is 28.8. The van der Waals surface area contributed by atoms with Crippen molar-refractivity contribution in [1.29, 1.82) is 0 Å². The Bertz CT molecular complexity index is 1260. The topological polar surface area (TPSA) is 9.23 Å². The minimum atomic E-state index is -5.43. The molecule has 0 unspecified atom stereocenters. The molecule has 1 fully saturated rings. The largest absolute Gasteiger partial charge is 0.432 e. The molecule has 0 spiro atoms. The molecular weight excluding hydrogens is 535 g/mol. The van der Waals surface area contributed by atoms with Gasteiger partial charge in [-0.1, -0.05) is 44.0 Å². The van der Waals surface area contributed by atoms with Gasteiger partial charge in [0, 0.05) is 12.1 Å². The van der Waals surface area contributed by atoms with E-state index in [2.05, 4.69) is 11.7 Å². The maximum atomic E-state index is 14.7. The highest BCUT2D eigenvalue weighted by Crippen LogP contribution is 2.41. The van der Waals surface area contributed by atoms with E-state index in [-0.39, 0.29) is 17.7 Å². The van der Waals surface area contributed by atoms with Gasteiger partial charge in [0.1, 0.15) is 40.1 Å². The second-order valence-electron chi connectivity index (χ2n) is 9.82. The van der Waals surface area contributed by atoms with Crippen LogP contribution in [-0.4, -0.2) is 0 Å². The van der Waals surface area contributed by atoms with Gasteiger partial charge in [-0.3, -0.25) is 0 Å². The molecular formula is C29H25F9O. The molecule has 0 N–H and O–H groups in total. The molecule has 0 radical (unpaired) electrons. The van der Waals surface area contributed by atoms with Crippen LogP contribution in [0.15, 0.2) is 48.5 Å². The molecule has 1 nitrogen and oxygen atoms in total. The monoisotopic (exact) mass is 560 g/mol. The Morgan fingerprint density at radius 3 is 1.69 bits per heavy atom. The van der Waals surface area contributed by atoms with Crippen LogP contribution < -0.4 is 4.74 Å². The van der Waals surface area contributed by atoms with Crippen LogP contribution in [0.2, 0.25) is 0 Å².